The van der Waals surface area contributed by atoms with Crippen LogP contribution in [-0.4, -0.2) is 29.5 Å². The predicted octanol–water partition coefficient (Wildman–Crippen LogP) is 3.36. The number of carbonyl (C=O) groups is 2. The molecule has 0 bridgehead atoms. The third-order valence-corrected chi connectivity index (χ3v) is 5.17. The number of H-pyrrole nitrogens is 1. The van der Waals surface area contributed by atoms with Gasteiger partial charge in [0.1, 0.15) is 5.69 Å². The smallest absolute Gasteiger partial charge is 0.355 e. The van der Waals surface area contributed by atoms with Gasteiger partial charge in [-0.1, -0.05) is 26.7 Å². The van der Waals surface area contributed by atoms with E-state index in [0.29, 0.717) is 41.0 Å². The number of esters is 1. The maximum atomic E-state index is 12.7. The maximum Gasteiger partial charge on any atom is 0.355 e. The van der Waals surface area contributed by atoms with Crippen LogP contribution < -0.4 is 5.32 Å². The number of amides is 1. The fourth-order valence-corrected chi connectivity index (χ4v) is 3.52. The first kappa shape index (κ1) is 17.6. The van der Waals surface area contributed by atoms with E-state index in [1.54, 1.807) is 13.8 Å². The van der Waals surface area contributed by atoms with Crippen molar-refractivity contribution in [3.05, 3.63) is 22.5 Å². The van der Waals surface area contributed by atoms with Gasteiger partial charge in [0.25, 0.3) is 5.91 Å². The van der Waals surface area contributed by atoms with Gasteiger partial charge in [0.15, 0.2) is 0 Å². The van der Waals surface area contributed by atoms with Gasteiger partial charge in [0.05, 0.1) is 12.2 Å². The second-order valence-electron chi connectivity index (χ2n) is 6.69. The van der Waals surface area contributed by atoms with Gasteiger partial charge in [-0.2, -0.15) is 0 Å². The Hall–Kier alpha value is -1.78. The second-order valence-corrected chi connectivity index (χ2v) is 6.69. The molecule has 1 saturated carbocycles. The third-order valence-electron chi connectivity index (χ3n) is 5.17. The summed E-state index contributed by atoms with van der Waals surface area (Å²) in [5.74, 6) is 0.582. The van der Waals surface area contributed by atoms with Crippen molar-refractivity contribution in [2.45, 2.75) is 59.9 Å². The van der Waals surface area contributed by atoms with Crippen LogP contribution in [0.5, 0.6) is 0 Å². The highest BCUT2D eigenvalue weighted by molar-refractivity contribution is 6.01. The quantitative estimate of drug-likeness (QED) is 0.836. The second kappa shape index (κ2) is 7.20. The summed E-state index contributed by atoms with van der Waals surface area (Å²) in [6.07, 6.45) is 3.39. The average Bonchev–Trinajstić information content (AvgIpc) is 2.79. The molecule has 1 amide bonds. The molecule has 2 rings (SSSR count). The van der Waals surface area contributed by atoms with Crippen molar-refractivity contribution in [1.82, 2.24) is 10.3 Å². The van der Waals surface area contributed by atoms with Crippen molar-refractivity contribution < 1.29 is 14.3 Å². The molecule has 1 aliphatic carbocycles. The van der Waals surface area contributed by atoms with Crippen LogP contribution in [0.1, 0.15) is 72.1 Å². The van der Waals surface area contributed by atoms with E-state index in [4.69, 9.17) is 4.74 Å². The Balaban J connectivity index is 2.18. The molecule has 0 saturated heterocycles. The summed E-state index contributed by atoms with van der Waals surface area (Å²) in [6.45, 7) is 10.1. The summed E-state index contributed by atoms with van der Waals surface area (Å²) in [5.41, 5.74) is 2.31. The minimum absolute atomic E-state index is 0.0993. The van der Waals surface area contributed by atoms with Gasteiger partial charge in [-0.05, 0) is 44.6 Å². The normalized spacial score (nSPS) is 24.3. The highest BCUT2D eigenvalue weighted by Gasteiger charge is 2.30. The topological polar surface area (TPSA) is 71.2 Å². The van der Waals surface area contributed by atoms with Gasteiger partial charge in [-0.3, -0.25) is 4.79 Å². The lowest BCUT2D eigenvalue weighted by molar-refractivity contribution is 0.0519. The van der Waals surface area contributed by atoms with E-state index >= 15 is 0 Å². The van der Waals surface area contributed by atoms with Crippen molar-refractivity contribution >= 4 is 11.9 Å². The number of aromatic nitrogens is 1. The van der Waals surface area contributed by atoms with E-state index < -0.39 is 5.97 Å². The van der Waals surface area contributed by atoms with Gasteiger partial charge in [0, 0.05) is 11.7 Å². The zero-order valence-electron chi connectivity index (χ0n) is 14.8. The molecule has 2 N–H and O–H groups in total. The Morgan fingerprint density at radius 2 is 1.96 bits per heavy atom. The number of aryl methyl sites for hydroxylation is 1. The molecule has 128 valence electrons. The zero-order valence-corrected chi connectivity index (χ0v) is 14.8. The van der Waals surface area contributed by atoms with E-state index in [1.807, 2.05) is 6.92 Å². The number of nitrogens with one attached hydrogen (secondary N) is 2. The molecular weight excluding hydrogens is 292 g/mol. The first-order valence-electron chi connectivity index (χ1n) is 8.53. The van der Waals surface area contributed by atoms with E-state index in [-0.39, 0.29) is 11.9 Å². The van der Waals surface area contributed by atoms with Gasteiger partial charge < -0.3 is 15.0 Å². The fraction of sp³-hybridized carbons (Fsp3) is 0.667. The minimum atomic E-state index is -0.410. The molecule has 1 aliphatic rings. The molecule has 1 heterocycles. The fourth-order valence-electron chi connectivity index (χ4n) is 3.52. The van der Waals surface area contributed by atoms with Crippen LogP contribution in [0, 0.1) is 25.7 Å². The van der Waals surface area contributed by atoms with Gasteiger partial charge in [-0.25, -0.2) is 4.79 Å². The molecule has 0 aromatic carbocycles. The van der Waals surface area contributed by atoms with Crippen LogP contribution in [0.4, 0.5) is 0 Å². The molecule has 1 aromatic rings. The SMILES string of the molecule is CCOC(=O)c1[nH]c(C)c(C(=O)N[C@@H]2CCC[C@@H](C)[C@H]2C)c1C. The van der Waals surface area contributed by atoms with E-state index in [9.17, 15) is 9.59 Å². The summed E-state index contributed by atoms with van der Waals surface area (Å²) in [7, 11) is 0. The third kappa shape index (κ3) is 3.59. The number of hydrogen-bond donors (Lipinski definition) is 2. The molecule has 23 heavy (non-hydrogen) atoms. The molecule has 0 unspecified atom stereocenters. The molecule has 5 nitrogen and oxygen atoms in total. The lowest BCUT2D eigenvalue weighted by atomic mass is 9.78. The molecular formula is C18H28N2O3. The average molecular weight is 320 g/mol. The molecule has 0 aliphatic heterocycles. The summed E-state index contributed by atoms with van der Waals surface area (Å²) in [5, 5.41) is 3.17. The van der Waals surface area contributed by atoms with E-state index in [2.05, 4.69) is 24.1 Å². The van der Waals surface area contributed by atoms with Crippen LogP contribution in [-0.2, 0) is 4.74 Å². The first-order chi connectivity index (χ1) is 10.9. The Morgan fingerprint density at radius 1 is 1.26 bits per heavy atom. The number of hydrogen-bond acceptors (Lipinski definition) is 3. The summed E-state index contributed by atoms with van der Waals surface area (Å²) >= 11 is 0. The molecule has 5 heteroatoms. The van der Waals surface area contributed by atoms with Crippen molar-refractivity contribution in [2.75, 3.05) is 6.61 Å². The van der Waals surface area contributed by atoms with Crippen molar-refractivity contribution in [3.63, 3.8) is 0 Å². The number of ether oxygens (including phenoxy) is 1. The number of carbonyl (C=O) groups excluding carboxylic acids is 2. The zero-order chi connectivity index (χ0) is 17.1. The van der Waals surface area contributed by atoms with Crippen molar-refractivity contribution in [1.29, 1.82) is 0 Å². The van der Waals surface area contributed by atoms with E-state index in [1.165, 1.54) is 6.42 Å². The van der Waals surface area contributed by atoms with E-state index in [0.717, 1.165) is 12.8 Å². The maximum absolute atomic E-state index is 12.7. The van der Waals surface area contributed by atoms with Crippen LogP contribution in [0.25, 0.3) is 0 Å². The van der Waals surface area contributed by atoms with Crippen LogP contribution in [0.3, 0.4) is 0 Å². The predicted molar refractivity (Wildman–Crippen MR) is 89.7 cm³/mol. The van der Waals surface area contributed by atoms with Gasteiger partial charge in [0.2, 0.25) is 0 Å². The first-order valence-corrected chi connectivity index (χ1v) is 8.53. The highest BCUT2D eigenvalue weighted by Crippen LogP contribution is 2.30. The van der Waals surface area contributed by atoms with Crippen molar-refractivity contribution in [3.8, 4) is 0 Å². The number of aromatic amines is 1. The summed E-state index contributed by atoms with van der Waals surface area (Å²) in [6, 6.07) is 0.200. The van der Waals surface area contributed by atoms with Gasteiger partial charge in [-0.15, -0.1) is 0 Å². The summed E-state index contributed by atoms with van der Waals surface area (Å²) < 4.78 is 5.04. The highest BCUT2D eigenvalue weighted by atomic mass is 16.5. The molecule has 0 spiro atoms. The lowest BCUT2D eigenvalue weighted by Gasteiger charge is -2.34. The van der Waals surface area contributed by atoms with Crippen molar-refractivity contribution in [2.24, 2.45) is 11.8 Å². The Morgan fingerprint density at radius 3 is 2.61 bits per heavy atom. The number of rotatable bonds is 4. The van der Waals surface area contributed by atoms with Gasteiger partial charge >= 0.3 is 5.97 Å². The molecule has 3 atom stereocenters. The Labute approximate surface area is 138 Å². The molecule has 1 aromatic heterocycles. The monoisotopic (exact) mass is 320 g/mol. The summed E-state index contributed by atoms with van der Waals surface area (Å²) in [4.78, 5) is 27.7. The standard InChI is InChI=1S/C18H28N2O3/c1-6-23-18(22)16-12(4)15(13(5)19-16)17(21)20-14-9-7-8-10(2)11(14)3/h10-11,14,19H,6-9H2,1-5H3,(H,20,21)/t10-,11-,14-/m1/s1. The minimum Gasteiger partial charge on any atom is -0.461 e. The van der Waals surface area contributed by atoms with Crippen LogP contribution in [0.2, 0.25) is 0 Å². The Kier molecular flexibility index (Phi) is 5.50. The largest absolute Gasteiger partial charge is 0.461 e. The molecule has 0 radical (unpaired) electrons. The lowest BCUT2D eigenvalue weighted by Crippen LogP contribution is -2.43. The van der Waals surface area contributed by atoms with Crippen LogP contribution >= 0.6 is 0 Å². The Bertz CT molecular complexity index is 591. The van der Waals surface area contributed by atoms with Crippen LogP contribution in [0.15, 0.2) is 0 Å². The molecule has 1 fully saturated rings.